The Morgan fingerprint density at radius 2 is 1.86 bits per heavy atom. The lowest BCUT2D eigenvalue weighted by molar-refractivity contribution is -0.132. The van der Waals surface area contributed by atoms with Crippen molar-refractivity contribution in [2.24, 2.45) is 5.92 Å². The molecular weight excluding hydrogens is 523 g/mol. The number of hydrogen-bond donors (Lipinski definition) is 2. The Hall–Kier alpha value is -2.16. The zero-order valence-corrected chi connectivity index (χ0v) is 23.2. The van der Waals surface area contributed by atoms with Crippen molar-refractivity contribution in [2.45, 2.75) is 64.3 Å². The first-order valence-corrected chi connectivity index (χ1v) is 13.9. The average molecular weight is 558 g/mol. The van der Waals surface area contributed by atoms with Crippen LogP contribution < -0.4 is 15.4 Å². The molecule has 0 saturated heterocycles. The van der Waals surface area contributed by atoms with Gasteiger partial charge in [0.1, 0.15) is 22.6 Å². The number of ketones is 1. The van der Waals surface area contributed by atoms with E-state index < -0.39 is 18.0 Å². The van der Waals surface area contributed by atoms with Gasteiger partial charge in [0, 0.05) is 0 Å². The van der Waals surface area contributed by atoms with Gasteiger partial charge >= 0.3 is 0 Å². The second-order valence-corrected chi connectivity index (χ2v) is 10.6. The van der Waals surface area contributed by atoms with Gasteiger partial charge in [-0.2, -0.15) is 0 Å². The number of hydrogen-bond acceptors (Lipinski definition) is 6. The Bertz CT molecular complexity index is 985. The summed E-state index contributed by atoms with van der Waals surface area (Å²) >= 11 is 13.5. The highest BCUT2D eigenvalue weighted by Crippen LogP contribution is 2.31. The summed E-state index contributed by atoms with van der Waals surface area (Å²) in [6.45, 7) is 5.62. The first kappa shape index (κ1) is 30.1. The predicted molar refractivity (Wildman–Crippen MR) is 145 cm³/mol. The second-order valence-electron chi connectivity index (χ2n) is 8.83. The fourth-order valence-corrected chi connectivity index (χ4v) is 4.64. The molecule has 2 atom stereocenters. The van der Waals surface area contributed by atoms with Crippen LogP contribution in [0.3, 0.4) is 0 Å². The molecule has 2 aromatic rings. The third kappa shape index (κ3) is 10.4. The van der Waals surface area contributed by atoms with Gasteiger partial charge in [-0.15, -0.1) is 11.8 Å². The molecule has 1 heterocycles. The average Bonchev–Trinajstić information content (AvgIpc) is 3.35. The molecule has 2 N–H and O–H groups in total. The number of amides is 2. The summed E-state index contributed by atoms with van der Waals surface area (Å²) in [4.78, 5) is 38.6. The smallest absolute Gasteiger partial charge is 0.258 e. The van der Waals surface area contributed by atoms with E-state index in [0.29, 0.717) is 23.6 Å². The zero-order valence-electron chi connectivity index (χ0n) is 20.9. The number of unbranched alkanes of at least 4 members (excludes halogenated alkanes) is 1. The minimum absolute atomic E-state index is 0.0538. The molecular formula is C26H34Cl2N2O5S. The van der Waals surface area contributed by atoms with E-state index in [1.54, 1.807) is 30.5 Å². The first-order valence-electron chi connectivity index (χ1n) is 12.0. The maximum atomic E-state index is 13.1. The molecule has 2 amide bonds. The van der Waals surface area contributed by atoms with E-state index in [-0.39, 0.29) is 40.7 Å². The number of rotatable bonds is 16. The number of benzene rings is 1. The van der Waals surface area contributed by atoms with Crippen LogP contribution in [0.15, 0.2) is 41.0 Å². The van der Waals surface area contributed by atoms with E-state index in [1.807, 2.05) is 26.8 Å². The van der Waals surface area contributed by atoms with Crippen LogP contribution >= 0.6 is 35.0 Å². The van der Waals surface area contributed by atoms with Gasteiger partial charge in [-0.05, 0) is 43.0 Å². The Morgan fingerprint density at radius 3 is 2.53 bits per heavy atom. The minimum atomic E-state index is -0.802. The van der Waals surface area contributed by atoms with Crippen molar-refractivity contribution < 1.29 is 23.5 Å². The van der Waals surface area contributed by atoms with Gasteiger partial charge < -0.3 is 19.8 Å². The third-order valence-electron chi connectivity index (χ3n) is 5.25. The Labute approximate surface area is 227 Å². The van der Waals surface area contributed by atoms with Crippen LogP contribution in [0, 0.1) is 5.92 Å². The topological polar surface area (TPSA) is 97.6 Å². The molecule has 0 bridgehead atoms. The Morgan fingerprint density at radius 1 is 1.08 bits per heavy atom. The molecule has 0 saturated carbocycles. The number of furan rings is 1. The molecule has 0 radical (unpaired) electrons. The highest BCUT2D eigenvalue weighted by atomic mass is 35.5. The predicted octanol–water partition coefficient (Wildman–Crippen LogP) is 5.67. The van der Waals surface area contributed by atoms with Crippen LogP contribution in [-0.4, -0.2) is 42.0 Å². The van der Waals surface area contributed by atoms with Gasteiger partial charge in [0.15, 0.2) is 12.4 Å². The SMILES string of the molecule is CCCC[C@H](NC(=O)[C@H](CC(C)C)NC(=O)COc1cccc(Cl)c1Cl)C(=O)CSCc1ccco1. The molecule has 0 spiro atoms. The molecule has 0 unspecified atom stereocenters. The fraction of sp³-hybridized carbons (Fsp3) is 0.500. The van der Waals surface area contributed by atoms with Crippen LogP contribution in [0.4, 0.5) is 0 Å². The van der Waals surface area contributed by atoms with Gasteiger partial charge in [-0.3, -0.25) is 14.4 Å². The number of carbonyl (C=O) groups excluding carboxylic acids is 3. The van der Waals surface area contributed by atoms with E-state index >= 15 is 0 Å². The van der Waals surface area contributed by atoms with Crippen molar-refractivity contribution in [3.63, 3.8) is 0 Å². The van der Waals surface area contributed by atoms with Crippen LogP contribution in [0.2, 0.25) is 10.0 Å². The zero-order chi connectivity index (χ0) is 26.5. The second kappa shape index (κ2) is 15.8. The van der Waals surface area contributed by atoms with Crippen molar-refractivity contribution in [1.82, 2.24) is 10.6 Å². The maximum absolute atomic E-state index is 13.1. The van der Waals surface area contributed by atoms with E-state index in [2.05, 4.69) is 10.6 Å². The summed E-state index contributed by atoms with van der Waals surface area (Å²) in [5, 5.41) is 6.14. The highest BCUT2D eigenvalue weighted by molar-refractivity contribution is 7.99. The van der Waals surface area contributed by atoms with Crippen LogP contribution in [-0.2, 0) is 20.1 Å². The molecule has 0 aliphatic heterocycles. The number of nitrogens with one attached hydrogen (secondary N) is 2. The van der Waals surface area contributed by atoms with Gasteiger partial charge in [-0.25, -0.2) is 0 Å². The number of thioether (sulfide) groups is 1. The van der Waals surface area contributed by atoms with Crippen molar-refractivity contribution in [1.29, 1.82) is 0 Å². The van der Waals surface area contributed by atoms with Crippen molar-refractivity contribution >= 4 is 52.6 Å². The van der Waals surface area contributed by atoms with Crippen LogP contribution in [0.25, 0.3) is 0 Å². The fourth-order valence-electron chi connectivity index (χ4n) is 3.42. The molecule has 1 aromatic carbocycles. The summed E-state index contributed by atoms with van der Waals surface area (Å²) in [5.41, 5.74) is 0. The van der Waals surface area contributed by atoms with Gasteiger partial charge in [0.25, 0.3) is 5.91 Å². The summed E-state index contributed by atoms with van der Waals surface area (Å²) < 4.78 is 10.8. The lowest BCUT2D eigenvalue weighted by Gasteiger charge is -2.24. The van der Waals surface area contributed by atoms with Crippen molar-refractivity contribution in [3.05, 3.63) is 52.4 Å². The summed E-state index contributed by atoms with van der Waals surface area (Å²) in [7, 11) is 0. The van der Waals surface area contributed by atoms with Crippen molar-refractivity contribution in [2.75, 3.05) is 12.4 Å². The summed E-state index contributed by atoms with van der Waals surface area (Å²) in [5.74, 6) is 1.13. The van der Waals surface area contributed by atoms with Crippen LogP contribution in [0.5, 0.6) is 5.75 Å². The monoisotopic (exact) mass is 556 g/mol. The molecule has 36 heavy (non-hydrogen) atoms. The Balaban J connectivity index is 1.96. The van der Waals surface area contributed by atoms with E-state index in [9.17, 15) is 14.4 Å². The summed E-state index contributed by atoms with van der Waals surface area (Å²) in [6, 6.07) is 7.13. The first-order chi connectivity index (χ1) is 17.2. The van der Waals surface area contributed by atoms with Crippen LogP contribution in [0.1, 0.15) is 52.2 Å². The normalized spacial score (nSPS) is 12.7. The minimum Gasteiger partial charge on any atom is -0.482 e. The maximum Gasteiger partial charge on any atom is 0.258 e. The van der Waals surface area contributed by atoms with Gasteiger partial charge in [-0.1, -0.05) is 62.9 Å². The lowest BCUT2D eigenvalue weighted by Crippen LogP contribution is -2.53. The largest absolute Gasteiger partial charge is 0.482 e. The van der Waals surface area contributed by atoms with Gasteiger partial charge in [0.2, 0.25) is 5.91 Å². The van der Waals surface area contributed by atoms with E-state index in [4.69, 9.17) is 32.4 Å². The number of carbonyl (C=O) groups is 3. The summed E-state index contributed by atoms with van der Waals surface area (Å²) in [6.07, 6.45) is 4.25. The van der Waals surface area contributed by atoms with E-state index in [0.717, 1.165) is 18.6 Å². The number of Topliss-reactive ketones (excluding diaryl/α,β-unsaturated/α-hetero) is 1. The molecule has 0 aliphatic rings. The van der Waals surface area contributed by atoms with E-state index in [1.165, 1.54) is 11.8 Å². The molecule has 1 aromatic heterocycles. The molecule has 198 valence electrons. The lowest BCUT2D eigenvalue weighted by atomic mass is 10.0. The Kier molecular flexibility index (Phi) is 13.2. The molecule has 10 heteroatoms. The molecule has 2 rings (SSSR count). The number of halogens is 2. The number of ether oxygens (including phenoxy) is 1. The standard InChI is InChI=1S/C26H34Cl2N2O5S/c1-4-5-10-20(22(31)16-36-15-18-8-7-12-34-18)30-26(33)21(13-17(2)3)29-24(32)14-35-23-11-6-9-19(27)25(23)28/h6-9,11-12,17,20-21H,4-5,10,13-16H2,1-3H3,(H,29,32)(H,30,33)/t20-,21-/m0/s1. The quantitative estimate of drug-likeness (QED) is 0.276. The highest BCUT2D eigenvalue weighted by Gasteiger charge is 2.27. The third-order valence-corrected chi connectivity index (χ3v) is 7.03. The molecule has 0 aliphatic carbocycles. The molecule has 7 nitrogen and oxygen atoms in total. The molecule has 0 fully saturated rings. The van der Waals surface area contributed by atoms with Crippen molar-refractivity contribution in [3.8, 4) is 5.75 Å². The van der Waals surface area contributed by atoms with Gasteiger partial charge in [0.05, 0.1) is 28.8 Å².